The highest BCUT2D eigenvalue weighted by molar-refractivity contribution is 5.94. The molecule has 0 radical (unpaired) electrons. The van der Waals surface area contributed by atoms with Crippen LogP contribution >= 0.6 is 0 Å². The minimum atomic E-state index is -0.310. The van der Waals surface area contributed by atoms with Crippen LogP contribution in [0.4, 0.5) is 0 Å². The number of nitrogens with one attached hydrogen (secondary N) is 1. The smallest absolute Gasteiger partial charge is 0.268 e. The van der Waals surface area contributed by atoms with Crippen molar-refractivity contribution in [3.05, 3.63) is 23.7 Å². The van der Waals surface area contributed by atoms with Gasteiger partial charge in [-0.25, -0.2) is 5.84 Å². The van der Waals surface area contributed by atoms with Gasteiger partial charge in [-0.3, -0.25) is 15.1 Å². The summed E-state index contributed by atoms with van der Waals surface area (Å²) in [5, 5.41) is 0. The van der Waals surface area contributed by atoms with Gasteiger partial charge in [0.05, 0.1) is 18.4 Å². The molecule has 1 atom stereocenters. The van der Waals surface area contributed by atoms with Gasteiger partial charge in [-0.1, -0.05) is 0 Å². The topological polar surface area (TPSA) is 74.7 Å². The highest BCUT2D eigenvalue weighted by atomic mass is 16.3. The lowest BCUT2D eigenvalue weighted by Crippen LogP contribution is -2.36. The predicted molar refractivity (Wildman–Crippen MR) is 72.3 cm³/mol. The Morgan fingerprint density at radius 2 is 2.47 bits per heavy atom. The zero-order valence-corrected chi connectivity index (χ0v) is 11.6. The van der Waals surface area contributed by atoms with Crippen molar-refractivity contribution in [2.24, 2.45) is 5.84 Å². The molecule has 19 heavy (non-hydrogen) atoms. The second-order valence-electron chi connectivity index (χ2n) is 5.20. The minimum absolute atomic E-state index is 0.310. The van der Waals surface area contributed by atoms with Crippen LogP contribution in [0.25, 0.3) is 0 Å². The summed E-state index contributed by atoms with van der Waals surface area (Å²) in [7, 11) is 4.20. The van der Waals surface area contributed by atoms with E-state index in [0.717, 1.165) is 6.54 Å². The van der Waals surface area contributed by atoms with E-state index in [-0.39, 0.29) is 5.91 Å². The molecule has 6 nitrogen and oxygen atoms in total. The van der Waals surface area contributed by atoms with E-state index < -0.39 is 0 Å². The molecule has 3 N–H and O–H groups in total. The van der Waals surface area contributed by atoms with E-state index in [1.54, 1.807) is 6.07 Å². The van der Waals surface area contributed by atoms with E-state index in [0.29, 0.717) is 23.9 Å². The molecule has 1 amide bonds. The molecule has 0 saturated carbocycles. The van der Waals surface area contributed by atoms with Crippen molar-refractivity contribution in [2.45, 2.75) is 25.4 Å². The summed E-state index contributed by atoms with van der Waals surface area (Å²) in [4.78, 5) is 16.1. The molecule has 1 aliphatic rings. The first-order chi connectivity index (χ1) is 9.11. The molecule has 2 rings (SSSR count). The summed E-state index contributed by atoms with van der Waals surface area (Å²) >= 11 is 0. The molecule has 1 aromatic rings. The van der Waals surface area contributed by atoms with Gasteiger partial charge in [0.15, 0.2) is 0 Å². The fourth-order valence-corrected chi connectivity index (χ4v) is 2.62. The summed E-state index contributed by atoms with van der Waals surface area (Å²) in [6, 6.07) is 2.24. The lowest BCUT2D eigenvalue weighted by molar-refractivity contribution is 0.0950. The fraction of sp³-hybridized carbons (Fsp3) is 0.615. The van der Waals surface area contributed by atoms with Gasteiger partial charge in [-0.05, 0) is 39.5 Å². The zero-order chi connectivity index (χ0) is 13.8. The van der Waals surface area contributed by atoms with Gasteiger partial charge in [-0.2, -0.15) is 0 Å². The number of likely N-dealkylation sites (N-methyl/N-ethyl adjacent to an activating group) is 2. The molecular formula is C13H22N4O2. The second-order valence-corrected chi connectivity index (χ2v) is 5.20. The Labute approximate surface area is 113 Å². The van der Waals surface area contributed by atoms with Gasteiger partial charge in [-0.15, -0.1) is 0 Å². The summed E-state index contributed by atoms with van der Waals surface area (Å²) in [5.41, 5.74) is 2.64. The van der Waals surface area contributed by atoms with E-state index in [4.69, 9.17) is 10.3 Å². The number of nitrogen functional groups attached to an aromatic ring is 1. The van der Waals surface area contributed by atoms with Crippen molar-refractivity contribution in [3.8, 4) is 0 Å². The molecular weight excluding hydrogens is 244 g/mol. The average Bonchev–Trinajstić information content (AvgIpc) is 2.99. The molecule has 6 heteroatoms. The second kappa shape index (κ2) is 6.18. The maximum Gasteiger partial charge on any atom is 0.268 e. The van der Waals surface area contributed by atoms with Crippen LogP contribution in [0.5, 0.6) is 0 Å². The lowest BCUT2D eigenvalue weighted by Gasteiger charge is -2.25. The first-order valence-electron chi connectivity index (χ1n) is 6.58. The quantitative estimate of drug-likeness (QED) is 0.459. The summed E-state index contributed by atoms with van der Waals surface area (Å²) in [6.07, 6.45) is 4.02. The third kappa shape index (κ3) is 3.34. The van der Waals surface area contributed by atoms with Crippen LogP contribution in [0.1, 0.15) is 29.0 Å². The van der Waals surface area contributed by atoms with Crippen LogP contribution in [-0.2, 0) is 6.54 Å². The van der Waals surface area contributed by atoms with Crippen molar-refractivity contribution < 1.29 is 9.21 Å². The van der Waals surface area contributed by atoms with Gasteiger partial charge in [0.2, 0.25) is 0 Å². The number of furan rings is 1. The summed E-state index contributed by atoms with van der Waals surface area (Å²) < 4.78 is 5.38. The average molecular weight is 266 g/mol. The number of nitrogens with zero attached hydrogens (tertiary/aromatic N) is 2. The van der Waals surface area contributed by atoms with Crippen molar-refractivity contribution >= 4 is 5.91 Å². The minimum Gasteiger partial charge on any atom is -0.467 e. The number of hydrogen-bond donors (Lipinski definition) is 2. The van der Waals surface area contributed by atoms with Gasteiger partial charge < -0.3 is 9.32 Å². The highest BCUT2D eigenvalue weighted by Gasteiger charge is 2.23. The first-order valence-corrected chi connectivity index (χ1v) is 6.58. The van der Waals surface area contributed by atoms with E-state index >= 15 is 0 Å². The maximum absolute atomic E-state index is 11.6. The van der Waals surface area contributed by atoms with Crippen LogP contribution < -0.4 is 11.3 Å². The van der Waals surface area contributed by atoms with Crippen LogP contribution in [0.3, 0.4) is 0 Å². The van der Waals surface area contributed by atoms with E-state index in [1.165, 1.54) is 25.6 Å². The molecule has 1 aliphatic heterocycles. The zero-order valence-electron chi connectivity index (χ0n) is 11.6. The third-order valence-corrected chi connectivity index (χ3v) is 3.73. The molecule has 2 heterocycles. The van der Waals surface area contributed by atoms with Crippen LogP contribution in [0.15, 0.2) is 16.7 Å². The third-order valence-electron chi connectivity index (χ3n) is 3.73. The molecule has 0 bridgehead atoms. The normalized spacial score (nSPS) is 20.1. The van der Waals surface area contributed by atoms with Crippen molar-refractivity contribution in [2.75, 3.05) is 27.2 Å². The number of rotatable bonds is 5. The number of hydrogen-bond acceptors (Lipinski definition) is 5. The van der Waals surface area contributed by atoms with Gasteiger partial charge in [0, 0.05) is 12.6 Å². The molecule has 1 aromatic heterocycles. The number of nitrogens with two attached hydrogens (primary N) is 1. The Bertz CT molecular complexity index is 432. The van der Waals surface area contributed by atoms with E-state index in [1.807, 2.05) is 7.05 Å². The highest BCUT2D eigenvalue weighted by Crippen LogP contribution is 2.17. The van der Waals surface area contributed by atoms with Crippen molar-refractivity contribution in [1.29, 1.82) is 0 Å². The van der Waals surface area contributed by atoms with Crippen molar-refractivity contribution in [3.63, 3.8) is 0 Å². The number of amides is 1. The maximum atomic E-state index is 11.6. The van der Waals surface area contributed by atoms with Crippen LogP contribution in [0, 0.1) is 0 Å². The van der Waals surface area contributed by atoms with E-state index in [2.05, 4.69) is 22.3 Å². The molecule has 1 unspecified atom stereocenters. The van der Waals surface area contributed by atoms with E-state index in [9.17, 15) is 4.79 Å². The Morgan fingerprint density at radius 1 is 1.68 bits per heavy atom. The Morgan fingerprint density at radius 3 is 3.11 bits per heavy atom. The standard InChI is InChI=1S/C13H22N4O2/c1-16(8-10-4-3-6-17(10)2)9-12-11(5-7-19-12)13(18)15-14/h5,7,10H,3-4,6,8-9,14H2,1-2H3,(H,15,18). The Balaban J connectivity index is 1.93. The largest absolute Gasteiger partial charge is 0.467 e. The summed E-state index contributed by atoms with van der Waals surface area (Å²) in [5.74, 6) is 5.50. The molecule has 0 aliphatic carbocycles. The van der Waals surface area contributed by atoms with Gasteiger partial charge in [0.1, 0.15) is 5.76 Å². The molecule has 1 saturated heterocycles. The van der Waals surface area contributed by atoms with Gasteiger partial charge >= 0.3 is 0 Å². The van der Waals surface area contributed by atoms with Gasteiger partial charge in [0.25, 0.3) is 5.91 Å². The molecule has 1 fully saturated rings. The number of carbonyl (C=O) groups excluding carboxylic acids is 1. The molecule has 0 spiro atoms. The number of hydrazine groups is 1. The lowest BCUT2D eigenvalue weighted by atomic mass is 10.2. The first kappa shape index (κ1) is 14.0. The number of carbonyl (C=O) groups is 1. The Hall–Kier alpha value is -1.37. The monoisotopic (exact) mass is 266 g/mol. The summed E-state index contributed by atoms with van der Waals surface area (Å²) in [6.45, 7) is 2.75. The number of likely N-dealkylation sites (tertiary alicyclic amines) is 1. The molecule has 106 valence electrons. The molecule has 0 aromatic carbocycles. The Kier molecular flexibility index (Phi) is 4.57. The predicted octanol–water partition coefficient (Wildman–Crippen LogP) is 0.409. The fourth-order valence-electron chi connectivity index (χ4n) is 2.62. The van der Waals surface area contributed by atoms with Crippen LogP contribution in [0.2, 0.25) is 0 Å². The SMILES string of the molecule is CN(Cc1occc1C(=O)NN)CC1CCCN1C. The van der Waals surface area contributed by atoms with Crippen LogP contribution in [-0.4, -0.2) is 48.9 Å². The van der Waals surface area contributed by atoms with Crippen molar-refractivity contribution in [1.82, 2.24) is 15.2 Å².